The van der Waals surface area contributed by atoms with Crippen molar-refractivity contribution in [1.29, 1.82) is 0 Å². The van der Waals surface area contributed by atoms with E-state index in [0.29, 0.717) is 12.0 Å². The Bertz CT molecular complexity index is 588. The Morgan fingerprint density at radius 1 is 1.32 bits per heavy atom. The molecule has 2 amide bonds. The number of nitrogens with zero attached hydrogens (tertiary/aromatic N) is 1. The van der Waals surface area contributed by atoms with Crippen molar-refractivity contribution in [1.82, 2.24) is 5.32 Å². The topological polar surface area (TPSA) is 115 Å². The number of nitrogens with one attached hydrogen (secondary N) is 1. The molecule has 7 nitrogen and oxygen atoms in total. The minimum atomic E-state index is -0.494. The molecule has 0 heterocycles. The number of hydrogen-bond acceptors (Lipinski definition) is 4. The lowest BCUT2D eigenvalue weighted by atomic mass is 9.84. The quantitative estimate of drug-likeness (QED) is 0.630. The van der Waals surface area contributed by atoms with Crippen molar-refractivity contribution in [2.75, 3.05) is 0 Å². The predicted molar refractivity (Wildman–Crippen MR) is 79.9 cm³/mol. The van der Waals surface area contributed by atoms with Crippen molar-refractivity contribution < 1.29 is 14.5 Å². The highest BCUT2D eigenvalue weighted by atomic mass is 16.6. The summed E-state index contributed by atoms with van der Waals surface area (Å²) in [4.78, 5) is 33.8. The van der Waals surface area contributed by atoms with Crippen LogP contribution in [0, 0.1) is 16.0 Å². The van der Waals surface area contributed by atoms with E-state index < -0.39 is 4.92 Å². The highest BCUT2D eigenvalue weighted by Gasteiger charge is 2.30. The van der Waals surface area contributed by atoms with E-state index in [9.17, 15) is 19.7 Å². The molecule has 2 rings (SSSR count). The van der Waals surface area contributed by atoms with Crippen LogP contribution < -0.4 is 11.1 Å². The number of non-ortho nitro benzene ring substituents is 1. The third-order valence-electron chi connectivity index (χ3n) is 3.96. The average molecular weight is 305 g/mol. The summed E-state index contributed by atoms with van der Waals surface area (Å²) in [7, 11) is 0. The van der Waals surface area contributed by atoms with Gasteiger partial charge in [-0.15, -0.1) is 0 Å². The number of hydrogen-bond donors (Lipinski definition) is 2. The largest absolute Gasteiger partial charge is 0.369 e. The first-order valence-electron chi connectivity index (χ1n) is 7.29. The summed E-state index contributed by atoms with van der Waals surface area (Å²) in [6.45, 7) is 0. The van der Waals surface area contributed by atoms with Gasteiger partial charge in [-0.25, -0.2) is 0 Å². The van der Waals surface area contributed by atoms with Crippen LogP contribution in [0.4, 0.5) is 5.69 Å². The summed E-state index contributed by atoms with van der Waals surface area (Å²) in [6.07, 6.45) is 3.35. The van der Waals surface area contributed by atoms with Gasteiger partial charge in [-0.1, -0.05) is 25.0 Å². The van der Waals surface area contributed by atoms with E-state index in [1.807, 2.05) is 0 Å². The van der Waals surface area contributed by atoms with Gasteiger partial charge in [-0.3, -0.25) is 19.7 Å². The zero-order chi connectivity index (χ0) is 16.1. The summed E-state index contributed by atoms with van der Waals surface area (Å²) in [5, 5.41) is 13.6. The van der Waals surface area contributed by atoms with E-state index in [-0.39, 0.29) is 35.9 Å². The van der Waals surface area contributed by atoms with Crippen molar-refractivity contribution in [3.05, 3.63) is 39.9 Å². The monoisotopic (exact) mass is 305 g/mol. The van der Waals surface area contributed by atoms with Crippen molar-refractivity contribution in [2.24, 2.45) is 11.7 Å². The number of benzene rings is 1. The second-order valence-corrected chi connectivity index (χ2v) is 5.57. The van der Waals surface area contributed by atoms with E-state index in [4.69, 9.17) is 5.73 Å². The lowest BCUT2D eigenvalue weighted by molar-refractivity contribution is -0.384. The Morgan fingerprint density at radius 2 is 2.05 bits per heavy atom. The minimum absolute atomic E-state index is 0.0435. The van der Waals surface area contributed by atoms with Crippen LogP contribution in [0.3, 0.4) is 0 Å². The van der Waals surface area contributed by atoms with Crippen LogP contribution in [0.5, 0.6) is 0 Å². The first-order valence-corrected chi connectivity index (χ1v) is 7.29. The maximum absolute atomic E-state index is 12.1. The summed E-state index contributed by atoms with van der Waals surface area (Å²) < 4.78 is 0. The Morgan fingerprint density at radius 3 is 2.73 bits per heavy atom. The van der Waals surface area contributed by atoms with Crippen LogP contribution in [-0.2, 0) is 16.0 Å². The molecule has 1 aromatic rings. The number of carbonyl (C=O) groups is 2. The van der Waals surface area contributed by atoms with Crippen LogP contribution in [-0.4, -0.2) is 22.8 Å². The van der Waals surface area contributed by atoms with Crippen molar-refractivity contribution in [3.8, 4) is 0 Å². The number of carbonyl (C=O) groups excluding carboxylic acids is 2. The van der Waals surface area contributed by atoms with Gasteiger partial charge in [-0.2, -0.15) is 0 Å². The second kappa shape index (κ2) is 7.02. The van der Waals surface area contributed by atoms with Crippen molar-refractivity contribution >= 4 is 17.5 Å². The molecule has 118 valence electrons. The Labute approximate surface area is 128 Å². The molecule has 1 aliphatic carbocycles. The van der Waals surface area contributed by atoms with Crippen LogP contribution >= 0.6 is 0 Å². The van der Waals surface area contributed by atoms with E-state index in [1.165, 1.54) is 12.1 Å². The van der Waals surface area contributed by atoms with Crippen molar-refractivity contribution in [2.45, 2.75) is 38.1 Å². The molecule has 0 unspecified atom stereocenters. The highest BCUT2D eigenvalue weighted by Crippen LogP contribution is 2.24. The third kappa shape index (κ3) is 4.03. The number of nitrogens with two attached hydrogens (primary N) is 1. The summed E-state index contributed by atoms with van der Waals surface area (Å²) in [6, 6.07) is 5.74. The molecule has 1 aliphatic rings. The molecular weight excluding hydrogens is 286 g/mol. The van der Waals surface area contributed by atoms with Gasteiger partial charge < -0.3 is 11.1 Å². The molecule has 3 N–H and O–H groups in total. The summed E-state index contributed by atoms with van der Waals surface area (Å²) >= 11 is 0. The molecular formula is C15H19N3O4. The fourth-order valence-corrected chi connectivity index (χ4v) is 2.87. The van der Waals surface area contributed by atoms with Crippen LogP contribution in [0.15, 0.2) is 24.3 Å². The predicted octanol–water partition coefficient (Wildman–Crippen LogP) is 1.30. The maximum Gasteiger partial charge on any atom is 0.269 e. The fourth-order valence-electron chi connectivity index (χ4n) is 2.87. The molecule has 1 fully saturated rings. The first kappa shape index (κ1) is 15.9. The fraction of sp³-hybridized carbons (Fsp3) is 0.467. The van der Waals surface area contributed by atoms with Crippen LogP contribution in [0.2, 0.25) is 0 Å². The van der Waals surface area contributed by atoms with Gasteiger partial charge in [0, 0.05) is 18.2 Å². The molecule has 0 spiro atoms. The molecule has 2 atom stereocenters. The van der Waals surface area contributed by atoms with Gasteiger partial charge in [0.1, 0.15) is 0 Å². The molecule has 1 saturated carbocycles. The Balaban J connectivity index is 1.98. The van der Waals surface area contributed by atoms with Gasteiger partial charge in [0.05, 0.1) is 17.3 Å². The Hall–Kier alpha value is -2.44. The summed E-state index contributed by atoms with van der Waals surface area (Å²) in [5.41, 5.74) is 5.90. The molecule has 0 aliphatic heterocycles. The number of nitro benzene ring substituents is 1. The summed E-state index contributed by atoms with van der Waals surface area (Å²) in [5.74, 6) is -0.971. The average Bonchev–Trinajstić information content (AvgIpc) is 2.47. The highest BCUT2D eigenvalue weighted by molar-refractivity contribution is 5.82. The zero-order valence-electron chi connectivity index (χ0n) is 12.2. The normalized spacial score (nSPS) is 21.1. The molecule has 0 bridgehead atoms. The lowest BCUT2D eigenvalue weighted by Gasteiger charge is -2.30. The lowest BCUT2D eigenvalue weighted by Crippen LogP contribution is -2.47. The second-order valence-electron chi connectivity index (χ2n) is 5.57. The minimum Gasteiger partial charge on any atom is -0.369 e. The van der Waals surface area contributed by atoms with Crippen molar-refractivity contribution in [3.63, 3.8) is 0 Å². The van der Waals surface area contributed by atoms with E-state index >= 15 is 0 Å². The maximum atomic E-state index is 12.1. The van der Waals surface area contributed by atoms with Gasteiger partial charge >= 0.3 is 0 Å². The smallest absolute Gasteiger partial charge is 0.269 e. The molecule has 22 heavy (non-hydrogen) atoms. The molecule has 0 radical (unpaired) electrons. The molecule has 0 saturated heterocycles. The number of rotatable bonds is 5. The first-order chi connectivity index (χ1) is 10.5. The van der Waals surface area contributed by atoms with E-state index in [0.717, 1.165) is 19.3 Å². The third-order valence-corrected chi connectivity index (χ3v) is 3.96. The standard InChI is InChI=1S/C15H19N3O4/c16-15(20)12-6-1-2-7-13(12)17-14(19)9-10-4-3-5-11(8-10)18(21)22/h3-5,8,12-13H,1-2,6-7,9H2,(H2,16,20)(H,17,19)/t12-,13+/m0/s1. The van der Waals surface area contributed by atoms with Gasteiger partial charge in [0.25, 0.3) is 5.69 Å². The SMILES string of the molecule is NC(=O)[C@H]1CCCC[C@H]1NC(=O)Cc1cccc([N+](=O)[O-])c1. The van der Waals surface area contributed by atoms with Gasteiger partial charge in [0.15, 0.2) is 0 Å². The van der Waals surface area contributed by atoms with E-state index in [1.54, 1.807) is 12.1 Å². The van der Waals surface area contributed by atoms with E-state index in [2.05, 4.69) is 5.32 Å². The zero-order valence-corrected chi connectivity index (χ0v) is 12.2. The van der Waals surface area contributed by atoms with Gasteiger partial charge in [0.2, 0.25) is 11.8 Å². The molecule has 7 heteroatoms. The van der Waals surface area contributed by atoms with Crippen LogP contribution in [0.25, 0.3) is 0 Å². The Kier molecular flexibility index (Phi) is 5.08. The number of amides is 2. The molecule has 1 aromatic carbocycles. The van der Waals surface area contributed by atoms with Gasteiger partial charge in [-0.05, 0) is 18.4 Å². The number of nitro groups is 1. The number of primary amides is 1. The molecule has 0 aromatic heterocycles. The van der Waals surface area contributed by atoms with Crippen LogP contribution in [0.1, 0.15) is 31.2 Å².